The molecule has 17 heavy (non-hydrogen) atoms. The first-order valence-corrected chi connectivity index (χ1v) is 7.08. The van der Waals surface area contributed by atoms with Gasteiger partial charge >= 0.3 is 0 Å². The Balaban J connectivity index is 2.58. The Morgan fingerprint density at radius 1 is 1.41 bits per heavy atom. The van der Waals surface area contributed by atoms with Crippen LogP contribution in [0.2, 0.25) is 0 Å². The molecule has 0 radical (unpaired) electrons. The average Bonchev–Trinajstić information content (AvgIpc) is 2.74. The van der Waals surface area contributed by atoms with E-state index in [0.29, 0.717) is 5.92 Å². The SMILES string of the molecule is CC(CO)CSC(C)c1ncc(C(C)(C)C)o1. The van der Waals surface area contributed by atoms with Gasteiger partial charge in [0.05, 0.1) is 11.4 Å². The second-order valence-electron chi connectivity index (χ2n) is 5.58. The molecule has 0 fully saturated rings. The number of aromatic nitrogens is 1. The summed E-state index contributed by atoms with van der Waals surface area (Å²) in [5.41, 5.74) is 0.00796. The summed E-state index contributed by atoms with van der Waals surface area (Å²) in [5.74, 6) is 2.95. The molecule has 3 nitrogen and oxygen atoms in total. The molecule has 1 aromatic rings. The summed E-state index contributed by atoms with van der Waals surface area (Å²) in [6, 6.07) is 0. The van der Waals surface area contributed by atoms with Gasteiger partial charge in [-0.25, -0.2) is 4.98 Å². The Morgan fingerprint density at radius 3 is 2.53 bits per heavy atom. The van der Waals surface area contributed by atoms with Crippen molar-refractivity contribution < 1.29 is 9.52 Å². The minimum absolute atomic E-state index is 0.00796. The largest absolute Gasteiger partial charge is 0.444 e. The summed E-state index contributed by atoms with van der Waals surface area (Å²) in [4.78, 5) is 4.34. The Kier molecular flexibility index (Phi) is 5.07. The van der Waals surface area contributed by atoms with E-state index in [4.69, 9.17) is 9.52 Å². The molecule has 0 saturated carbocycles. The van der Waals surface area contributed by atoms with Crippen molar-refractivity contribution in [3.63, 3.8) is 0 Å². The Labute approximate surface area is 108 Å². The highest BCUT2D eigenvalue weighted by Gasteiger charge is 2.21. The van der Waals surface area contributed by atoms with E-state index >= 15 is 0 Å². The fraction of sp³-hybridized carbons (Fsp3) is 0.769. The molecule has 4 heteroatoms. The summed E-state index contributed by atoms with van der Waals surface area (Å²) in [6.07, 6.45) is 1.82. The highest BCUT2D eigenvalue weighted by Crippen LogP contribution is 2.32. The van der Waals surface area contributed by atoms with E-state index in [1.807, 2.05) is 13.1 Å². The molecule has 1 aromatic heterocycles. The van der Waals surface area contributed by atoms with Crippen molar-refractivity contribution in [2.24, 2.45) is 5.92 Å². The third-order valence-electron chi connectivity index (χ3n) is 2.55. The maximum Gasteiger partial charge on any atom is 0.207 e. The first kappa shape index (κ1) is 14.6. The molecule has 0 saturated heterocycles. The van der Waals surface area contributed by atoms with E-state index in [0.717, 1.165) is 17.4 Å². The number of oxazole rings is 1. The zero-order chi connectivity index (χ0) is 13.1. The van der Waals surface area contributed by atoms with E-state index < -0.39 is 0 Å². The minimum atomic E-state index is 0.00796. The third kappa shape index (κ3) is 4.36. The van der Waals surface area contributed by atoms with E-state index in [1.54, 1.807) is 11.8 Å². The molecule has 2 unspecified atom stereocenters. The zero-order valence-electron chi connectivity index (χ0n) is 11.4. The van der Waals surface area contributed by atoms with Gasteiger partial charge in [0.2, 0.25) is 5.89 Å². The molecule has 1 heterocycles. The topological polar surface area (TPSA) is 46.3 Å². The van der Waals surface area contributed by atoms with Crippen molar-refractivity contribution in [2.45, 2.75) is 45.3 Å². The van der Waals surface area contributed by atoms with Crippen LogP contribution in [0, 0.1) is 5.92 Å². The van der Waals surface area contributed by atoms with Gasteiger partial charge in [-0.3, -0.25) is 0 Å². The molecule has 98 valence electrons. The number of aliphatic hydroxyl groups is 1. The van der Waals surface area contributed by atoms with E-state index in [2.05, 4.69) is 32.7 Å². The minimum Gasteiger partial charge on any atom is -0.444 e. The first-order valence-electron chi connectivity index (χ1n) is 6.03. The summed E-state index contributed by atoms with van der Waals surface area (Å²) in [5, 5.41) is 9.21. The van der Waals surface area contributed by atoms with Crippen LogP contribution in [0.15, 0.2) is 10.6 Å². The smallest absolute Gasteiger partial charge is 0.207 e. The molecule has 1 rings (SSSR count). The third-order valence-corrected chi connectivity index (χ3v) is 4.02. The second kappa shape index (κ2) is 5.91. The van der Waals surface area contributed by atoms with Crippen LogP contribution in [0.5, 0.6) is 0 Å². The number of hydrogen-bond acceptors (Lipinski definition) is 4. The molecule has 2 atom stereocenters. The standard InChI is InChI=1S/C13H23NO2S/c1-9(7-15)8-17-10(2)12-14-6-11(16-12)13(3,4)5/h6,9-10,15H,7-8H2,1-5H3. The summed E-state index contributed by atoms with van der Waals surface area (Å²) >= 11 is 1.77. The number of rotatable bonds is 5. The van der Waals surface area contributed by atoms with Gasteiger partial charge in [-0.15, -0.1) is 11.8 Å². The average molecular weight is 257 g/mol. The van der Waals surface area contributed by atoms with Crippen LogP contribution in [0.4, 0.5) is 0 Å². The van der Waals surface area contributed by atoms with Crippen molar-refractivity contribution >= 4 is 11.8 Å². The van der Waals surface area contributed by atoms with Crippen LogP contribution >= 0.6 is 11.8 Å². The van der Waals surface area contributed by atoms with Gasteiger partial charge in [0.15, 0.2) is 0 Å². The zero-order valence-corrected chi connectivity index (χ0v) is 12.2. The molecule has 1 N–H and O–H groups in total. The normalized spacial score (nSPS) is 15.9. The molecule has 0 bridgehead atoms. The van der Waals surface area contributed by atoms with Gasteiger partial charge in [0.1, 0.15) is 5.76 Å². The van der Waals surface area contributed by atoms with E-state index in [1.165, 1.54) is 0 Å². The lowest BCUT2D eigenvalue weighted by Crippen LogP contribution is -2.09. The lowest BCUT2D eigenvalue weighted by molar-refractivity contribution is 0.250. The predicted molar refractivity (Wildman–Crippen MR) is 72.3 cm³/mol. The van der Waals surface area contributed by atoms with Crippen LogP contribution in [0.3, 0.4) is 0 Å². The van der Waals surface area contributed by atoms with Crippen molar-refractivity contribution in [1.29, 1.82) is 0 Å². The van der Waals surface area contributed by atoms with Gasteiger partial charge in [-0.1, -0.05) is 27.7 Å². The Bertz CT molecular complexity index is 343. The van der Waals surface area contributed by atoms with Crippen LogP contribution in [-0.2, 0) is 5.41 Å². The van der Waals surface area contributed by atoms with Gasteiger partial charge < -0.3 is 9.52 Å². The molecule has 0 aromatic carbocycles. The lowest BCUT2D eigenvalue weighted by atomic mass is 9.94. The summed E-state index contributed by atoms with van der Waals surface area (Å²) < 4.78 is 5.78. The monoisotopic (exact) mass is 257 g/mol. The van der Waals surface area contributed by atoms with Crippen molar-refractivity contribution in [1.82, 2.24) is 4.98 Å². The van der Waals surface area contributed by atoms with E-state index in [9.17, 15) is 0 Å². The Hall–Kier alpha value is -0.480. The number of aliphatic hydroxyl groups excluding tert-OH is 1. The van der Waals surface area contributed by atoms with Crippen molar-refractivity contribution in [3.05, 3.63) is 17.8 Å². The van der Waals surface area contributed by atoms with E-state index in [-0.39, 0.29) is 17.3 Å². The molecule has 0 amide bonds. The number of thioether (sulfide) groups is 1. The summed E-state index contributed by atoms with van der Waals surface area (Å²) in [7, 11) is 0. The van der Waals surface area contributed by atoms with Crippen LogP contribution < -0.4 is 0 Å². The molecule has 0 aliphatic rings. The highest BCUT2D eigenvalue weighted by molar-refractivity contribution is 7.99. The first-order chi connectivity index (χ1) is 7.84. The van der Waals surface area contributed by atoms with Crippen molar-refractivity contribution in [3.8, 4) is 0 Å². The molecule has 0 spiro atoms. The number of nitrogens with zero attached hydrogens (tertiary/aromatic N) is 1. The Morgan fingerprint density at radius 2 is 2.06 bits per heavy atom. The van der Waals surface area contributed by atoms with Gasteiger partial charge in [0, 0.05) is 12.0 Å². The highest BCUT2D eigenvalue weighted by atomic mass is 32.2. The fourth-order valence-electron chi connectivity index (χ4n) is 1.25. The second-order valence-corrected chi connectivity index (χ2v) is 6.95. The van der Waals surface area contributed by atoms with Crippen LogP contribution in [-0.4, -0.2) is 22.5 Å². The molecular weight excluding hydrogens is 234 g/mol. The number of hydrogen-bond donors (Lipinski definition) is 1. The van der Waals surface area contributed by atoms with Crippen LogP contribution in [0.1, 0.15) is 51.5 Å². The van der Waals surface area contributed by atoms with Crippen LogP contribution in [0.25, 0.3) is 0 Å². The predicted octanol–water partition coefficient (Wildman–Crippen LogP) is 3.39. The van der Waals surface area contributed by atoms with Gasteiger partial charge in [0.25, 0.3) is 0 Å². The lowest BCUT2D eigenvalue weighted by Gasteiger charge is -2.14. The summed E-state index contributed by atoms with van der Waals surface area (Å²) in [6.45, 7) is 10.7. The maximum atomic E-state index is 8.98. The van der Waals surface area contributed by atoms with Crippen molar-refractivity contribution in [2.75, 3.05) is 12.4 Å². The molecule has 0 aliphatic heterocycles. The fourth-order valence-corrected chi connectivity index (χ4v) is 2.23. The maximum absolute atomic E-state index is 8.98. The van der Waals surface area contributed by atoms with Gasteiger partial charge in [-0.05, 0) is 18.6 Å². The molecule has 0 aliphatic carbocycles. The van der Waals surface area contributed by atoms with Gasteiger partial charge in [-0.2, -0.15) is 0 Å². The quantitative estimate of drug-likeness (QED) is 0.878. The molecular formula is C13H23NO2S.